The van der Waals surface area contributed by atoms with E-state index in [-0.39, 0.29) is 0 Å². The number of rotatable bonds is 4. The molecule has 0 saturated carbocycles. The third-order valence-electron chi connectivity index (χ3n) is 3.68. The average molecular weight is 343 g/mol. The predicted molar refractivity (Wildman–Crippen MR) is 92.1 cm³/mol. The molecule has 0 aliphatic rings. The van der Waals surface area contributed by atoms with E-state index in [2.05, 4.69) is 10.1 Å². The highest BCUT2D eigenvalue weighted by Gasteiger charge is 2.30. The molecule has 1 heterocycles. The summed E-state index contributed by atoms with van der Waals surface area (Å²) in [4.78, 5) is 4.22. The first-order valence-corrected chi connectivity index (χ1v) is 7.80. The molecule has 0 bridgehead atoms. The van der Waals surface area contributed by atoms with Crippen LogP contribution in [0.1, 0.15) is 18.1 Å². The molecule has 0 aliphatic heterocycles. The summed E-state index contributed by atoms with van der Waals surface area (Å²) in [5.41, 5.74) is 2.74. The van der Waals surface area contributed by atoms with Crippen LogP contribution in [0.25, 0.3) is 16.8 Å². The van der Waals surface area contributed by atoms with Gasteiger partial charge < -0.3 is 0 Å². The van der Waals surface area contributed by atoms with Gasteiger partial charge in [-0.15, -0.1) is 0 Å². The van der Waals surface area contributed by atoms with Crippen molar-refractivity contribution in [2.45, 2.75) is 13.1 Å². The van der Waals surface area contributed by atoms with Gasteiger partial charge in [0, 0.05) is 24.5 Å². The molecular weight excluding hydrogens is 327 g/mol. The van der Waals surface area contributed by atoms with E-state index in [0.29, 0.717) is 5.69 Å². The number of hydrogen-bond donors (Lipinski definition) is 0. The SMILES string of the molecule is CC/N=C\c1cccc(-c2cnn(-c3ccc(C(F)(F)F)cc3)c2)c1. The van der Waals surface area contributed by atoms with Gasteiger partial charge in [-0.05, 0) is 48.4 Å². The van der Waals surface area contributed by atoms with Crippen LogP contribution >= 0.6 is 0 Å². The Morgan fingerprint density at radius 2 is 1.84 bits per heavy atom. The summed E-state index contributed by atoms with van der Waals surface area (Å²) in [7, 11) is 0. The van der Waals surface area contributed by atoms with Crippen molar-refractivity contribution < 1.29 is 13.2 Å². The normalized spacial score (nSPS) is 12.0. The van der Waals surface area contributed by atoms with E-state index in [1.807, 2.05) is 37.4 Å². The van der Waals surface area contributed by atoms with Gasteiger partial charge in [-0.3, -0.25) is 4.99 Å². The smallest absolute Gasteiger partial charge is 0.293 e. The van der Waals surface area contributed by atoms with Crippen LogP contribution in [0.15, 0.2) is 65.9 Å². The van der Waals surface area contributed by atoms with Crippen LogP contribution in [0.5, 0.6) is 0 Å². The molecule has 25 heavy (non-hydrogen) atoms. The van der Waals surface area contributed by atoms with Crippen molar-refractivity contribution in [1.29, 1.82) is 0 Å². The molecule has 0 unspecified atom stereocenters. The van der Waals surface area contributed by atoms with Crippen molar-refractivity contribution in [3.63, 3.8) is 0 Å². The summed E-state index contributed by atoms with van der Waals surface area (Å²) >= 11 is 0. The van der Waals surface area contributed by atoms with E-state index in [1.165, 1.54) is 12.1 Å². The van der Waals surface area contributed by atoms with Gasteiger partial charge in [0.05, 0.1) is 17.4 Å². The second-order valence-electron chi connectivity index (χ2n) is 5.47. The number of benzene rings is 2. The molecule has 6 heteroatoms. The number of halogens is 3. The van der Waals surface area contributed by atoms with Crippen molar-refractivity contribution in [2.75, 3.05) is 6.54 Å². The molecule has 0 aliphatic carbocycles. The highest BCUT2D eigenvalue weighted by molar-refractivity contribution is 5.82. The minimum atomic E-state index is -4.34. The second-order valence-corrected chi connectivity index (χ2v) is 5.47. The number of nitrogens with zero attached hydrogens (tertiary/aromatic N) is 3. The van der Waals surface area contributed by atoms with E-state index in [1.54, 1.807) is 17.1 Å². The summed E-state index contributed by atoms with van der Waals surface area (Å²) in [6.07, 6.45) is 0.949. The third kappa shape index (κ3) is 3.96. The van der Waals surface area contributed by atoms with E-state index in [0.717, 1.165) is 35.4 Å². The molecule has 0 fully saturated rings. The lowest BCUT2D eigenvalue weighted by molar-refractivity contribution is -0.137. The summed E-state index contributed by atoms with van der Waals surface area (Å²) in [5, 5.41) is 4.25. The van der Waals surface area contributed by atoms with Crippen LogP contribution in [0.3, 0.4) is 0 Å². The second kappa shape index (κ2) is 6.93. The standard InChI is InChI=1S/C19H16F3N3/c1-2-23-11-14-4-3-5-15(10-14)16-12-24-25(13-16)18-8-6-17(7-9-18)19(20,21)22/h3-13H,2H2,1H3/b23-11-. The molecule has 2 aromatic carbocycles. The zero-order valence-electron chi connectivity index (χ0n) is 13.5. The zero-order chi connectivity index (χ0) is 17.9. The lowest BCUT2D eigenvalue weighted by atomic mass is 10.1. The molecule has 0 spiro atoms. The first kappa shape index (κ1) is 17.0. The largest absolute Gasteiger partial charge is 0.416 e. The van der Waals surface area contributed by atoms with Crippen molar-refractivity contribution >= 4 is 6.21 Å². The van der Waals surface area contributed by atoms with E-state index >= 15 is 0 Å². The number of aliphatic imine (C=N–C) groups is 1. The summed E-state index contributed by atoms with van der Waals surface area (Å²) < 4.78 is 39.5. The fourth-order valence-electron chi connectivity index (χ4n) is 2.41. The molecule has 0 atom stereocenters. The molecule has 1 aromatic heterocycles. The van der Waals surface area contributed by atoms with Gasteiger partial charge in [0.1, 0.15) is 0 Å². The van der Waals surface area contributed by atoms with Gasteiger partial charge in [0.25, 0.3) is 0 Å². The monoisotopic (exact) mass is 343 g/mol. The Hall–Kier alpha value is -2.89. The molecular formula is C19H16F3N3. The Morgan fingerprint density at radius 1 is 1.08 bits per heavy atom. The molecule has 3 aromatic rings. The molecule has 3 rings (SSSR count). The van der Waals surface area contributed by atoms with Crippen LogP contribution in [0, 0.1) is 0 Å². The van der Waals surface area contributed by atoms with Gasteiger partial charge in [0.2, 0.25) is 0 Å². The average Bonchev–Trinajstić information content (AvgIpc) is 3.10. The summed E-state index contributed by atoms with van der Waals surface area (Å²) in [5.74, 6) is 0. The maximum atomic E-state index is 12.6. The Balaban J connectivity index is 1.86. The Kier molecular flexibility index (Phi) is 4.70. The third-order valence-corrected chi connectivity index (χ3v) is 3.68. The highest BCUT2D eigenvalue weighted by Crippen LogP contribution is 2.29. The van der Waals surface area contributed by atoms with Crippen LogP contribution in [0.2, 0.25) is 0 Å². The van der Waals surface area contributed by atoms with Crippen molar-refractivity contribution in [2.24, 2.45) is 4.99 Å². The van der Waals surface area contributed by atoms with Crippen molar-refractivity contribution in [3.8, 4) is 16.8 Å². The van der Waals surface area contributed by atoms with Gasteiger partial charge in [-0.2, -0.15) is 18.3 Å². The molecule has 0 N–H and O–H groups in total. The van der Waals surface area contributed by atoms with Crippen LogP contribution in [-0.4, -0.2) is 22.5 Å². The zero-order valence-corrected chi connectivity index (χ0v) is 13.5. The van der Waals surface area contributed by atoms with Gasteiger partial charge >= 0.3 is 6.18 Å². The quantitative estimate of drug-likeness (QED) is 0.613. The Bertz CT molecular complexity index is 877. The fraction of sp³-hybridized carbons (Fsp3) is 0.158. The van der Waals surface area contributed by atoms with Crippen molar-refractivity contribution in [1.82, 2.24) is 9.78 Å². The number of alkyl halides is 3. The maximum absolute atomic E-state index is 12.6. The molecule has 0 saturated heterocycles. The van der Waals surface area contributed by atoms with Crippen LogP contribution in [-0.2, 0) is 6.18 Å². The Labute approximate surface area is 143 Å². The van der Waals surface area contributed by atoms with Gasteiger partial charge in [-0.1, -0.05) is 18.2 Å². The van der Waals surface area contributed by atoms with Gasteiger partial charge in [-0.25, -0.2) is 4.68 Å². The van der Waals surface area contributed by atoms with Crippen LogP contribution < -0.4 is 0 Å². The predicted octanol–water partition coefficient (Wildman–Crippen LogP) is 5.00. The Morgan fingerprint density at radius 3 is 2.52 bits per heavy atom. The van der Waals surface area contributed by atoms with E-state index in [4.69, 9.17) is 0 Å². The number of hydrogen-bond acceptors (Lipinski definition) is 2. The van der Waals surface area contributed by atoms with E-state index in [9.17, 15) is 13.2 Å². The minimum absolute atomic E-state index is 0.572. The van der Waals surface area contributed by atoms with E-state index < -0.39 is 11.7 Å². The first-order valence-electron chi connectivity index (χ1n) is 7.80. The first-order chi connectivity index (χ1) is 12.0. The lowest BCUT2D eigenvalue weighted by Gasteiger charge is -2.07. The summed E-state index contributed by atoms with van der Waals surface area (Å²) in [6.45, 7) is 2.69. The van der Waals surface area contributed by atoms with Crippen molar-refractivity contribution in [3.05, 3.63) is 72.1 Å². The topological polar surface area (TPSA) is 30.2 Å². The fourth-order valence-corrected chi connectivity index (χ4v) is 2.41. The molecule has 0 amide bonds. The molecule has 0 radical (unpaired) electrons. The lowest BCUT2D eigenvalue weighted by Crippen LogP contribution is -2.05. The minimum Gasteiger partial charge on any atom is -0.293 e. The maximum Gasteiger partial charge on any atom is 0.416 e. The van der Waals surface area contributed by atoms with Gasteiger partial charge in [0.15, 0.2) is 0 Å². The van der Waals surface area contributed by atoms with Crippen LogP contribution in [0.4, 0.5) is 13.2 Å². The molecule has 3 nitrogen and oxygen atoms in total. The molecule has 128 valence electrons. The highest BCUT2D eigenvalue weighted by atomic mass is 19.4. The summed E-state index contributed by atoms with van der Waals surface area (Å²) in [6, 6.07) is 12.8. The number of aromatic nitrogens is 2.